The zero-order valence-corrected chi connectivity index (χ0v) is 14.7. The van der Waals surface area contributed by atoms with Crippen LogP contribution in [0.4, 0.5) is 0 Å². The number of allylic oxidation sites excluding steroid dienone is 1. The second-order valence-corrected chi connectivity index (χ2v) is 6.05. The van der Waals surface area contributed by atoms with E-state index in [1.807, 2.05) is 32.9 Å². The van der Waals surface area contributed by atoms with Crippen LogP contribution in [-0.2, 0) is 14.3 Å². The Morgan fingerprint density at radius 1 is 1.29 bits per heavy atom. The van der Waals surface area contributed by atoms with Crippen molar-refractivity contribution in [2.24, 2.45) is 5.92 Å². The SMILES string of the molecule is CCOC(=O)C1=C(C)OC(=N)C(C#N)C1c1c(C)cc(C)cc1C. The van der Waals surface area contributed by atoms with E-state index < -0.39 is 17.8 Å². The van der Waals surface area contributed by atoms with Gasteiger partial charge < -0.3 is 9.47 Å². The lowest BCUT2D eigenvalue weighted by Gasteiger charge is -2.32. The Morgan fingerprint density at radius 3 is 2.38 bits per heavy atom. The number of hydrogen-bond acceptors (Lipinski definition) is 5. The van der Waals surface area contributed by atoms with E-state index in [1.165, 1.54) is 0 Å². The number of esters is 1. The summed E-state index contributed by atoms with van der Waals surface area (Å²) in [6.07, 6.45) is 0. The summed E-state index contributed by atoms with van der Waals surface area (Å²) in [5, 5.41) is 17.6. The van der Waals surface area contributed by atoms with Crippen molar-refractivity contribution in [1.82, 2.24) is 0 Å². The van der Waals surface area contributed by atoms with Gasteiger partial charge in [0.15, 0.2) is 0 Å². The molecule has 0 saturated heterocycles. The molecule has 0 amide bonds. The Labute approximate surface area is 142 Å². The predicted molar refractivity (Wildman–Crippen MR) is 90.6 cm³/mol. The van der Waals surface area contributed by atoms with Crippen LogP contribution in [0.1, 0.15) is 42.0 Å². The van der Waals surface area contributed by atoms with Gasteiger partial charge in [0.05, 0.1) is 18.2 Å². The van der Waals surface area contributed by atoms with Crippen LogP contribution in [0.25, 0.3) is 0 Å². The molecule has 2 unspecified atom stereocenters. The fourth-order valence-corrected chi connectivity index (χ4v) is 3.43. The Hall–Kier alpha value is -2.61. The molecular formula is C19H22N2O3. The zero-order chi connectivity index (χ0) is 18.0. The summed E-state index contributed by atoms with van der Waals surface area (Å²) in [6.45, 7) is 9.54. The van der Waals surface area contributed by atoms with Crippen LogP contribution >= 0.6 is 0 Å². The van der Waals surface area contributed by atoms with Gasteiger partial charge in [-0.05, 0) is 51.3 Å². The average molecular weight is 326 g/mol. The molecular weight excluding hydrogens is 304 g/mol. The van der Waals surface area contributed by atoms with E-state index in [0.29, 0.717) is 11.3 Å². The number of nitrogens with zero attached hydrogens (tertiary/aromatic N) is 1. The molecule has 1 aliphatic rings. The fourth-order valence-electron chi connectivity index (χ4n) is 3.43. The average Bonchev–Trinajstić information content (AvgIpc) is 2.46. The third-order valence-corrected chi connectivity index (χ3v) is 4.25. The van der Waals surface area contributed by atoms with Crippen molar-refractivity contribution >= 4 is 11.9 Å². The second-order valence-electron chi connectivity index (χ2n) is 6.05. The molecule has 1 aliphatic heterocycles. The summed E-state index contributed by atoms with van der Waals surface area (Å²) in [4.78, 5) is 12.5. The lowest BCUT2D eigenvalue weighted by molar-refractivity contribution is -0.139. The predicted octanol–water partition coefficient (Wildman–Crippen LogP) is 3.68. The Morgan fingerprint density at radius 2 is 1.88 bits per heavy atom. The maximum atomic E-state index is 12.5. The summed E-state index contributed by atoms with van der Waals surface area (Å²) in [6, 6.07) is 6.17. The molecule has 5 heteroatoms. The van der Waals surface area contributed by atoms with Gasteiger partial charge in [-0.25, -0.2) is 4.79 Å². The largest absolute Gasteiger partial charge is 0.463 e. The van der Waals surface area contributed by atoms with Crippen LogP contribution in [0, 0.1) is 43.4 Å². The van der Waals surface area contributed by atoms with Gasteiger partial charge in [0, 0.05) is 5.92 Å². The number of nitrogens with one attached hydrogen (secondary N) is 1. The Balaban J connectivity index is 2.73. The first-order chi connectivity index (χ1) is 11.3. The molecule has 0 aliphatic carbocycles. The van der Waals surface area contributed by atoms with Gasteiger partial charge in [-0.2, -0.15) is 5.26 Å². The van der Waals surface area contributed by atoms with E-state index in [1.54, 1.807) is 13.8 Å². The van der Waals surface area contributed by atoms with Crippen molar-refractivity contribution < 1.29 is 14.3 Å². The first-order valence-electron chi connectivity index (χ1n) is 7.93. The highest BCUT2D eigenvalue weighted by molar-refractivity contribution is 5.96. The van der Waals surface area contributed by atoms with E-state index in [0.717, 1.165) is 22.3 Å². The van der Waals surface area contributed by atoms with E-state index >= 15 is 0 Å². The molecule has 0 bridgehead atoms. The van der Waals surface area contributed by atoms with Gasteiger partial charge in [-0.3, -0.25) is 5.41 Å². The molecule has 24 heavy (non-hydrogen) atoms. The maximum Gasteiger partial charge on any atom is 0.338 e. The number of rotatable bonds is 3. The number of ether oxygens (including phenoxy) is 2. The van der Waals surface area contributed by atoms with Crippen molar-refractivity contribution in [3.05, 3.63) is 45.7 Å². The van der Waals surface area contributed by atoms with Crippen molar-refractivity contribution in [3.8, 4) is 6.07 Å². The molecule has 0 radical (unpaired) electrons. The number of carbonyl (C=O) groups is 1. The lowest BCUT2D eigenvalue weighted by atomic mass is 9.75. The van der Waals surface area contributed by atoms with Crippen LogP contribution in [0.3, 0.4) is 0 Å². The molecule has 2 rings (SSSR count). The Kier molecular flexibility index (Phi) is 5.08. The molecule has 1 aromatic rings. The monoisotopic (exact) mass is 326 g/mol. The number of hydrogen-bond donors (Lipinski definition) is 1. The fraction of sp³-hybridized carbons (Fsp3) is 0.421. The summed E-state index contributed by atoms with van der Waals surface area (Å²) < 4.78 is 10.5. The molecule has 5 nitrogen and oxygen atoms in total. The van der Waals surface area contributed by atoms with E-state index in [-0.39, 0.29) is 12.5 Å². The summed E-state index contributed by atoms with van der Waals surface area (Å²) in [7, 11) is 0. The second kappa shape index (κ2) is 6.88. The maximum absolute atomic E-state index is 12.5. The zero-order valence-electron chi connectivity index (χ0n) is 14.7. The number of aryl methyl sites for hydroxylation is 3. The minimum atomic E-state index is -0.854. The molecule has 1 aromatic carbocycles. The van der Waals surface area contributed by atoms with Gasteiger partial charge in [0.25, 0.3) is 0 Å². The normalized spacial score (nSPS) is 20.4. The third-order valence-electron chi connectivity index (χ3n) is 4.25. The third kappa shape index (κ3) is 3.05. The van der Waals surface area contributed by atoms with Gasteiger partial charge >= 0.3 is 5.97 Å². The van der Waals surface area contributed by atoms with E-state index in [4.69, 9.17) is 14.9 Å². The molecule has 2 atom stereocenters. The Bertz CT molecular complexity index is 748. The molecule has 0 saturated carbocycles. The first kappa shape index (κ1) is 17.7. The van der Waals surface area contributed by atoms with Crippen molar-refractivity contribution in [2.45, 2.75) is 40.5 Å². The van der Waals surface area contributed by atoms with Crippen molar-refractivity contribution in [2.75, 3.05) is 6.61 Å². The molecule has 126 valence electrons. The molecule has 1 N–H and O–H groups in total. The topological polar surface area (TPSA) is 83.2 Å². The number of nitriles is 1. The quantitative estimate of drug-likeness (QED) is 0.859. The van der Waals surface area contributed by atoms with Gasteiger partial charge in [0.2, 0.25) is 5.90 Å². The summed E-state index contributed by atoms with van der Waals surface area (Å²) in [5.41, 5.74) is 4.31. The minimum Gasteiger partial charge on any atom is -0.463 e. The van der Waals surface area contributed by atoms with Crippen molar-refractivity contribution in [3.63, 3.8) is 0 Å². The van der Waals surface area contributed by atoms with Crippen molar-refractivity contribution in [1.29, 1.82) is 10.7 Å². The minimum absolute atomic E-state index is 0.132. The molecule has 0 aromatic heterocycles. The van der Waals surface area contributed by atoms with Gasteiger partial charge in [0.1, 0.15) is 11.7 Å². The first-order valence-corrected chi connectivity index (χ1v) is 7.93. The van der Waals surface area contributed by atoms with E-state index in [2.05, 4.69) is 6.07 Å². The molecule has 0 fully saturated rings. The highest BCUT2D eigenvalue weighted by Crippen LogP contribution is 2.42. The van der Waals surface area contributed by atoms with Crippen LogP contribution in [-0.4, -0.2) is 18.5 Å². The molecule has 0 spiro atoms. The highest BCUT2D eigenvalue weighted by Gasteiger charge is 2.42. The highest BCUT2D eigenvalue weighted by atomic mass is 16.5. The lowest BCUT2D eigenvalue weighted by Crippen LogP contribution is -2.34. The summed E-state index contributed by atoms with van der Waals surface area (Å²) >= 11 is 0. The van der Waals surface area contributed by atoms with E-state index in [9.17, 15) is 10.1 Å². The number of carbonyl (C=O) groups excluding carboxylic acids is 1. The van der Waals surface area contributed by atoms with Crippen LogP contribution in [0.5, 0.6) is 0 Å². The smallest absolute Gasteiger partial charge is 0.338 e. The van der Waals surface area contributed by atoms with Crippen LogP contribution < -0.4 is 0 Å². The van der Waals surface area contributed by atoms with Gasteiger partial charge in [-0.15, -0.1) is 0 Å². The van der Waals surface area contributed by atoms with Crippen LogP contribution in [0.15, 0.2) is 23.5 Å². The van der Waals surface area contributed by atoms with Gasteiger partial charge in [-0.1, -0.05) is 17.7 Å². The molecule has 1 heterocycles. The summed E-state index contributed by atoms with van der Waals surface area (Å²) in [5.74, 6) is -1.71. The standard InChI is InChI=1S/C19H22N2O3/c1-6-23-19(22)16-13(5)24-18(21)14(9-20)17(16)15-11(3)7-10(2)8-12(15)4/h7-8,14,17,21H,6H2,1-5H3. The number of benzene rings is 1. The van der Waals surface area contributed by atoms with Crippen LogP contribution in [0.2, 0.25) is 0 Å².